The maximum atomic E-state index is 5.81. The number of benzene rings is 1. The number of ether oxygens (including phenoxy) is 1. The summed E-state index contributed by atoms with van der Waals surface area (Å²) >= 11 is 0. The zero-order valence-corrected chi connectivity index (χ0v) is 11.9. The fourth-order valence-corrected chi connectivity index (χ4v) is 2.60. The molecule has 0 aliphatic carbocycles. The number of fused-ring (bicyclic) bond motifs is 1. The van der Waals surface area contributed by atoms with Crippen LogP contribution in [0.25, 0.3) is 10.9 Å². The first kappa shape index (κ1) is 13.5. The molecule has 6 heteroatoms. The zero-order valence-electron chi connectivity index (χ0n) is 11.9. The van der Waals surface area contributed by atoms with E-state index in [-0.39, 0.29) is 6.04 Å². The molecule has 21 heavy (non-hydrogen) atoms. The number of nitrogens with one attached hydrogen (secondary N) is 1. The highest BCUT2D eigenvalue weighted by atomic mass is 16.5. The fourth-order valence-electron chi connectivity index (χ4n) is 2.60. The third-order valence-electron chi connectivity index (χ3n) is 3.60. The van der Waals surface area contributed by atoms with Crippen LogP contribution in [0.1, 0.15) is 17.3 Å². The van der Waals surface area contributed by atoms with Gasteiger partial charge in [0.25, 0.3) is 0 Å². The Balaban J connectivity index is 2.21. The largest absolute Gasteiger partial charge is 0.493 e. The molecule has 3 aromatic rings. The van der Waals surface area contributed by atoms with Crippen molar-refractivity contribution in [3.05, 3.63) is 54.0 Å². The van der Waals surface area contributed by atoms with Crippen LogP contribution >= 0.6 is 0 Å². The molecule has 6 nitrogen and oxygen atoms in total. The molecule has 3 rings (SSSR count). The van der Waals surface area contributed by atoms with Gasteiger partial charge in [0.1, 0.15) is 5.69 Å². The van der Waals surface area contributed by atoms with E-state index in [1.54, 1.807) is 24.2 Å². The van der Waals surface area contributed by atoms with E-state index in [1.165, 1.54) is 0 Å². The van der Waals surface area contributed by atoms with Crippen LogP contribution < -0.4 is 16.0 Å². The van der Waals surface area contributed by atoms with Crippen LogP contribution in [0.15, 0.2) is 42.7 Å². The van der Waals surface area contributed by atoms with Crippen LogP contribution in [0.5, 0.6) is 5.75 Å². The van der Waals surface area contributed by atoms with Crippen LogP contribution in [0.3, 0.4) is 0 Å². The van der Waals surface area contributed by atoms with E-state index >= 15 is 0 Å². The summed E-state index contributed by atoms with van der Waals surface area (Å²) in [4.78, 5) is 4.38. The Morgan fingerprint density at radius 2 is 2.10 bits per heavy atom. The summed E-state index contributed by atoms with van der Waals surface area (Å²) in [6.45, 7) is 0. The quantitative estimate of drug-likeness (QED) is 0.561. The maximum absolute atomic E-state index is 5.81. The molecule has 0 fully saturated rings. The highest BCUT2D eigenvalue weighted by molar-refractivity contribution is 5.82. The first-order valence-corrected chi connectivity index (χ1v) is 6.62. The smallest absolute Gasteiger partial charge is 0.161 e. The van der Waals surface area contributed by atoms with Crippen molar-refractivity contribution in [2.45, 2.75) is 6.04 Å². The Bertz CT molecular complexity index is 762. The van der Waals surface area contributed by atoms with E-state index in [2.05, 4.69) is 15.5 Å². The van der Waals surface area contributed by atoms with Crippen LogP contribution in [0, 0.1) is 0 Å². The van der Waals surface area contributed by atoms with Crippen molar-refractivity contribution in [2.75, 3.05) is 7.11 Å². The van der Waals surface area contributed by atoms with Crippen molar-refractivity contribution < 1.29 is 4.74 Å². The van der Waals surface area contributed by atoms with Crippen molar-refractivity contribution in [1.29, 1.82) is 0 Å². The summed E-state index contributed by atoms with van der Waals surface area (Å²) in [7, 11) is 3.49. The van der Waals surface area contributed by atoms with E-state index < -0.39 is 0 Å². The molecule has 1 unspecified atom stereocenters. The molecular formula is C15H17N5O. The van der Waals surface area contributed by atoms with Gasteiger partial charge in [-0.3, -0.25) is 15.5 Å². The number of nitrogens with zero attached hydrogens (tertiary/aromatic N) is 3. The maximum Gasteiger partial charge on any atom is 0.161 e. The first-order chi connectivity index (χ1) is 10.3. The monoisotopic (exact) mass is 283 g/mol. The fraction of sp³-hybridized carbons (Fsp3) is 0.200. The lowest BCUT2D eigenvalue weighted by molar-refractivity contribution is 0.401. The standard InChI is InChI=1S/C15H17N5O/c1-20-15(13(21-2)9-18-20)14(19-16)11-7-8-17-12-6-4-3-5-10(11)12/h3-9,14,19H,16H2,1-2H3. The molecule has 1 aromatic carbocycles. The lowest BCUT2D eigenvalue weighted by atomic mass is 9.99. The Hall–Kier alpha value is -2.44. The Labute approximate surface area is 122 Å². The van der Waals surface area contributed by atoms with Crippen LogP contribution in [-0.4, -0.2) is 21.9 Å². The molecule has 0 aliphatic heterocycles. The van der Waals surface area contributed by atoms with Crippen molar-refractivity contribution >= 4 is 10.9 Å². The van der Waals surface area contributed by atoms with Crippen molar-refractivity contribution in [3.63, 3.8) is 0 Å². The van der Waals surface area contributed by atoms with Gasteiger partial charge in [0.15, 0.2) is 5.75 Å². The van der Waals surface area contributed by atoms with Crippen LogP contribution in [-0.2, 0) is 7.05 Å². The number of hydrogen-bond acceptors (Lipinski definition) is 5. The molecule has 0 aliphatic rings. The lowest BCUT2D eigenvalue weighted by Gasteiger charge is -2.19. The average molecular weight is 283 g/mol. The topological polar surface area (TPSA) is 78.0 Å². The van der Waals surface area contributed by atoms with E-state index in [9.17, 15) is 0 Å². The predicted molar refractivity (Wildman–Crippen MR) is 80.7 cm³/mol. The first-order valence-electron chi connectivity index (χ1n) is 6.62. The summed E-state index contributed by atoms with van der Waals surface area (Å²) in [5, 5.41) is 5.29. The normalized spacial score (nSPS) is 12.5. The van der Waals surface area contributed by atoms with Gasteiger partial charge in [-0.15, -0.1) is 0 Å². The molecular weight excluding hydrogens is 266 g/mol. The number of para-hydroxylation sites is 1. The molecule has 3 N–H and O–H groups in total. The summed E-state index contributed by atoms with van der Waals surface area (Å²) in [6, 6.07) is 9.69. The van der Waals surface area contributed by atoms with E-state index in [4.69, 9.17) is 10.6 Å². The minimum atomic E-state index is -0.236. The lowest BCUT2D eigenvalue weighted by Crippen LogP contribution is -2.31. The molecule has 1 atom stereocenters. The second-order valence-electron chi connectivity index (χ2n) is 4.74. The number of hydrazine groups is 1. The Morgan fingerprint density at radius 3 is 2.86 bits per heavy atom. The van der Waals surface area contributed by atoms with Crippen molar-refractivity contribution in [2.24, 2.45) is 12.9 Å². The minimum absolute atomic E-state index is 0.236. The Morgan fingerprint density at radius 1 is 1.29 bits per heavy atom. The number of aryl methyl sites for hydroxylation is 1. The zero-order chi connectivity index (χ0) is 14.8. The Kier molecular flexibility index (Phi) is 3.55. The van der Waals surface area contributed by atoms with Gasteiger partial charge in [0.2, 0.25) is 0 Å². The third-order valence-corrected chi connectivity index (χ3v) is 3.60. The molecule has 0 amide bonds. The second-order valence-corrected chi connectivity index (χ2v) is 4.74. The number of methoxy groups -OCH3 is 1. The predicted octanol–water partition coefficient (Wildman–Crippen LogP) is 1.53. The number of aromatic nitrogens is 3. The van der Waals surface area contributed by atoms with Gasteiger partial charge in [-0.25, -0.2) is 5.43 Å². The number of rotatable bonds is 4. The third kappa shape index (κ3) is 2.24. The van der Waals surface area contributed by atoms with Gasteiger partial charge in [-0.1, -0.05) is 18.2 Å². The molecule has 0 radical (unpaired) electrons. The molecule has 0 saturated carbocycles. The van der Waals surface area contributed by atoms with E-state index in [1.807, 2.05) is 37.4 Å². The van der Waals surface area contributed by atoms with Gasteiger partial charge < -0.3 is 4.74 Å². The van der Waals surface area contributed by atoms with Crippen LogP contribution in [0.4, 0.5) is 0 Å². The van der Waals surface area contributed by atoms with Gasteiger partial charge >= 0.3 is 0 Å². The number of pyridine rings is 1. The van der Waals surface area contributed by atoms with Gasteiger partial charge in [-0.05, 0) is 17.7 Å². The molecule has 2 heterocycles. The average Bonchev–Trinajstić information content (AvgIpc) is 2.90. The highest BCUT2D eigenvalue weighted by Crippen LogP contribution is 2.32. The second kappa shape index (κ2) is 5.51. The van der Waals surface area contributed by atoms with Gasteiger partial charge in [0.05, 0.1) is 24.9 Å². The van der Waals surface area contributed by atoms with E-state index in [0.717, 1.165) is 22.2 Å². The summed E-state index contributed by atoms with van der Waals surface area (Å²) in [6.07, 6.45) is 3.47. The van der Waals surface area contributed by atoms with E-state index in [0.29, 0.717) is 5.75 Å². The summed E-state index contributed by atoms with van der Waals surface area (Å²) < 4.78 is 7.15. The molecule has 0 spiro atoms. The molecule has 0 saturated heterocycles. The SMILES string of the molecule is COc1cnn(C)c1C(NN)c1ccnc2ccccc12. The van der Waals surface area contributed by atoms with Crippen LogP contribution in [0.2, 0.25) is 0 Å². The molecule has 2 aromatic heterocycles. The van der Waals surface area contributed by atoms with Gasteiger partial charge in [0, 0.05) is 18.6 Å². The number of nitrogens with two attached hydrogens (primary N) is 1. The summed E-state index contributed by atoms with van der Waals surface area (Å²) in [5.41, 5.74) is 5.69. The number of hydrogen-bond donors (Lipinski definition) is 2. The minimum Gasteiger partial charge on any atom is -0.493 e. The van der Waals surface area contributed by atoms with Crippen molar-refractivity contribution in [3.8, 4) is 5.75 Å². The summed E-state index contributed by atoms with van der Waals surface area (Å²) in [5.74, 6) is 6.51. The molecule has 108 valence electrons. The molecule has 0 bridgehead atoms. The highest BCUT2D eigenvalue weighted by Gasteiger charge is 2.23. The van der Waals surface area contributed by atoms with Crippen molar-refractivity contribution in [1.82, 2.24) is 20.2 Å². The van der Waals surface area contributed by atoms with Gasteiger partial charge in [-0.2, -0.15) is 5.10 Å².